The molecule has 2 amide bonds. The molecule has 0 radical (unpaired) electrons. The molecule has 1 saturated carbocycles. The third kappa shape index (κ3) is 10.7. The van der Waals surface area contributed by atoms with Gasteiger partial charge in [0.05, 0.1) is 42.0 Å². The number of aromatic nitrogens is 2. The second-order valence-electron chi connectivity index (χ2n) is 24.7. The maximum atomic E-state index is 15.9. The molecule has 11 rings (SSSR count). The lowest BCUT2D eigenvalue weighted by Crippen LogP contribution is -2.62. The quantitative estimate of drug-likeness (QED) is 0.132. The maximum Gasteiger partial charge on any atom is 0.324 e. The number of hydrazine groups is 1. The molecule has 6 fully saturated rings. The van der Waals surface area contributed by atoms with E-state index in [0.717, 1.165) is 140 Å². The summed E-state index contributed by atoms with van der Waals surface area (Å²) in [5, 5.41) is 9.52. The Balaban J connectivity index is 1.02. The van der Waals surface area contributed by atoms with E-state index in [2.05, 4.69) is 93.4 Å². The minimum atomic E-state index is -1.29. The number of carbonyl (C=O) groups excluding carboxylic acids is 3. The number of piperazine rings is 1. The van der Waals surface area contributed by atoms with Gasteiger partial charge in [0.1, 0.15) is 18.3 Å². The van der Waals surface area contributed by atoms with E-state index in [0.29, 0.717) is 44.0 Å². The molecule has 1 unspecified atom stereocenters. The zero-order chi connectivity index (χ0) is 52.9. The van der Waals surface area contributed by atoms with Crippen LogP contribution < -0.4 is 21.0 Å². The molecule has 7 aliphatic rings. The van der Waals surface area contributed by atoms with E-state index < -0.39 is 29.6 Å². The molecule has 5 saturated heterocycles. The van der Waals surface area contributed by atoms with E-state index in [1.54, 1.807) is 14.0 Å². The van der Waals surface area contributed by atoms with Gasteiger partial charge in [0.25, 0.3) is 5.91 Å². The average molecular weight is 1040 g/mol. The smallest absolute Gasteiger partial charge is 0.324 e. The summed E-state index contributed by atoms with van der Waals surface area (Å²) in [5.41, 5.74) is 12.2. The van der Waals surface area contributed by atoms with E-state index in [9.17, 15) is 4.79 Å². The highest BCUT2D eigenvalue weighted by Crippen LogP contribution is 2.45. The van der Waals surface area contributed by atoms with Crippen LogP contribution in [0.5, 0.6) is 0 Å². The monoisotopic (exact) mass is 1040 g/mol. The van der Waals surface area contributed by atoms with Gasteiger partial charge in [-0.2, -0.15) is 0 Å². The van der Waals surface area contributed by atoms with E-state index in [4.69, 9.17) is 14.5 Å². The molecular formula is C61H84FN9O5. The summed E-state index contributed by atoms with van der Waals surface area (Å²) in [6.07, 6.45) is 12.3. The molecule has 4 aromatic rings. The van der Waals surface area contributed by atoms with Crippen molar-refractivity contribution in [2.24, 2.45) is 16.7 Å². The zero-order valence-corrected chi connectivity index (χ0v) is 46.2. The molecule has 8 heterocycles. The Kier molecular flexibility index (Phi) is 15.4. The van der Waals surface area contributed by atoms with Crippen LogP contribution >= 0.6 is 0 Å². The molecule has 410 valence electrons. The number of piperidine rings is 1. The standard InChI is InChI=1S/C61H84FN9O5/c1-7-70-53-18-17-43-31-48(53)50(56(70)49-32-47(34-64-54(49)40(3)75-6)68-26-25-67-22-11-10-15-46(67)35-68)33-60(4,5)38-76-59(74)51-16-12-23-71(66-51)58(73)52(29-41-27-44(39(2)62)30-45(43)28-41)65-57(72)55(42-13-8-9-14-42)69-24-20-61(37-69)19-21-63-36-61/h17-18,27-28,30-32,34,39-40,42,46,51-52,55,63,66H,7-16,19-26,29,33,35-38H2,1-6H3,(H,65,72)/t39?,40-,46+,51-,52-,55-,61-/m0/s1. The Morgan fingerprint density at radius 3 is 2.55 bits per heavy atom. The lowest BCUT2D eigenvalue weighted by atomic mass is 9.84. The number of nitrogens with zero attached hydrogens (tertiary/aromatic N) is 6. The number of hydrogen-bond donors (Lipinski definition) is 3. The lowest BCUT2D eigenvalue weighted by molar-refractivity contribution is -0.155. The Labute approximate surface area is 450 Å². The fourth-order valence-corrected chi connectivity index (χ4v) is 14.5. The average Bonchev–Trinajstić information content (AvgIpc) is 4.30. The normalized spacial score (nSPS) is 27.1. The molecule has 6 bridgehead atoms. The number of ether oxygens (including phenoxy) is 2. The molecule has 2 aromatic heterocycles. The summed E-state index contributed by atoms with van der Waals surface area (Å²) in [6, 6.07) is 13.2. The van der Waals surface area contributed by atoms with Gasteiger partial charge in [-0.3, -0.25) is 34.2 Å². The summed E-state index contributed by atoms with van der Waals surface area (Å²) in [4.78, 5) is 57.4. The Morgan fingerprint density at radius 1 is 0.947 bits per heavy atom. The molecule has 6 aliphatic heterocycles. The first-order valence-electron chi connectivity index (χ1n) is 29.2. The summed E-state index contributed by atoms with van der Waals surface area (Å²) >= 11 is 0. The topological polar surface area (TPSA) is 137 Å². The van der Waals surface area contributed by atoms with Gasteiger partial charge in [-0.25, -0.2) is 9.82 Å². The Hall–Kier alpha value is -4.93. The number of halogens is 1. The largest absolute Gasteiger partial charge is 0.464 e. The van der Waals surface area contributed by atoms with Crippen molar-refractivity contribution in [1.82, 2.24) is 40.4 Å². The van der Waals surface area contributed by atoms with Gasteiger partial charge < -0.3 is 29.6 Å². The second kappa shape index (κ2) is 22.1. The molecule has 2 aromatic carbocycles. The number of rotatable bonds is 10. The van der Waals surface area contributed by atoms with Gasteiger partial charge in [-0.15, -0.1) is 0 Å². The number of hydrogen-bond acceptors (Lipinski definition) is 11. The minimum Gasteiger partial charge on any atom is -0.464 e. The third-order valence-corrected chi connectivity index (χ3v) is 18.8. The van der Waals surface area contributed by atoms with Crippen molar-refractivity contribution in [3.05, 3.63) is 71.0 Å². The number of cyclic esters (lactones) is 1. The molecule has 76 heavy (non-hydrogen) atoms. The van der Waals surface area contributed by atoms with Gasteiger partial charge in [0, 0.05) is 87.3 Å². The van der Waals surface area contributed by atoms with Crippen LogP contribution in [0.2, 0.25) is 0 Å². The van der Waals surface area contributed by atoms with Gasteiger partial charge in [-0.05, 0) is 162 Å². The highest BCUT2D eigenvalue weighted by atomic mass is 19.1. The molecule has 7 atom stereocenters. The molecule has 1 spiro atoms. The van der Waals surface area contributed by atoms with Gasteiger partial charge in [0.15, 0.2) is 0 Å². The molecular weight excluding hydrogens is 958 g/mol. The summed E-state index contributed by atoms with van der Waals surface area (Å²) in [5.74, 6) is -0.636. The lowest BCUT2D eigenvalue weighted by Gasteiger charge is -2.45. The summed E-state index contributed by atoms with van der Waals surface area (Å²) < 4.78 is 30.7. The van der Waals surface area contributed by atoms with Crippen LogP contribution in [0.25, 0.3) is 33.3 Å². The molecule has 15 heteroatoms. The Morgan fingerprint density at radius 2 is 1.78 bits per heavy atom. The number of aryl methyl sites for hydroxylation is 1. The van der Waals surface area contributed by atoms with Crippen molar-refractivity contribution < 1.29 is 28.2 Å². The highest BCUT2D eigenvalue weighted by molar-refractivity contribution is 5.96. The predicted octanol–water partition coefficient (Wildman–Crippen LogP) is 8.70. The number of likely N-dealkylation sites (tertiary alicyclic amines) is 1. The van der Waals surface area contributed by atoms with Crippen LogP contribution in [0.3, 0.4) is 0 Å². The number of methoxy groups -OCH3 is 1. The van der Waals surface area contributed by atoms with Crippen molar-refractivity contribution in [2.75, 3.05) is 77.5 Å². The fourth-order valence-electron chi connectivity index (χ4n) is 14.5. The number of alkyl halides is 1. The van der Waals surface area contributed by atoms with Crippen molar-refractivity contribution in [2.45, 2.75) is 161 Å². The SMILES string of the molecule is CCn1c(-c2cc(N3CCN4CCCC[C@@H]4C3)cnc2[C@H](C)OC)c2c3cc(ccc31)-c1cc(cc(C(C)F)c1)C[C@H](NC(=O)[C@H](C1CCCC1)N1CC[C@]3(CCNC3)C1)C(=O)N1CCC[C@H](N1)C(=O)OCC(C)(C)C2. The zero-order valence-electron chi connectivity index (χ0n) is 46.2. The predicted molar refractivity (Wildman–Crippen MR) is 296 cm³/mol. The first-order chi connectivity index (χ1) is 36.7. The van der Waals surface area contributed by atoms with Crippen molar-refractivity contribution in [3.8, 4) is 22.4 Å². The number of benzene rings is 2. The number of carbonyl (C=O) groups is 3. The molecule has 14 nitrogen and oxygen atoms in total. The van der Waals surface area contributed by atoms with E-state index in [-0.39, 0.29) is 48.3 Å². The van der Waals surface area contributed by atoms with Crippen LogP contribution in [0, 0.1) is 16.7 Å². The number of anilines is 1. The van der Waals surface area contributed by atoms with Crippen molar-refractivity contribution >= 4 is 34.4 Å². The van der Waals surface area contributed by atoms with Crippen molar-refractivity contribution in [3.63, 3.8) is 0 Å². The van der Waals surface area contributed by atoms with Gasteiger partial charge in [-0.1, -0.05) is 51.3 Å². The number of fused-ring (bicyclic) bond motifs is 7. The second-order valence-corrected chi connectivity index (χ2v) is 24.7. The third-order valence-electron chi connectivity index (χ3n) is 18.8. The summed E-state index contributed by atoms with van der Waals surface area (Å²) in [7, 11) is 1.74. The van der Waals surface area contributed by atoms with Crippen LogP contribution in [0.1, 0.15) is 140 Å². The Bertz CT molecular complexity index is 2780. The van der Waals surface area contributed by atoms with Gasteiger partial charge >= 0.3 is 5.97 Å². The molecule has 3 N–H and O–H groups in total. The number of nitrogens with one attached hydrogen (secondary N) is 3. The number of amides is 2. The first kappa shape index (κ1) is 53.1. The van der Waals surface area contributed by atoms with E-state index in [1.165, 1.54) is 30.8 Å². The van der Waals surface area contributed by atoms with E-state index >= 15 is 14.0 Å². The van der Waals surface area contributed by atoms with Crippen LogP contribution in [-0.4, -0.2) is 139 Å². The maximum absolute atomic E-state index is 15.9. The van der Waals surface area contributed by atoms with E-state index in [1.807, 2.05) is 18.3 Å². The molecule has 1 aliphatic carbocycles. The van der Waals surface area contributed by atoms with Crippen LogP contribution in [0.4, 0.5) is 10.1 Å². The van der Waals surface area contributed by atoms with Crippen LogP contribution in [0.15, 0.2) is 48.7 Å². The number of esters is 1. The fraction of sp³-hybridized carbons (Fsp3) is 0.639. The van der Waals surface area contributed by atoms with Crippen LogP contribution in [-0.2, 0) is 43.2 Å². The van der Waals surface area contributed by atoms with Gasteiger partial charge in [0.2, 0.25) is 5.91 Å². The summed E-state index contributed by atoms with van der Waals surface area (Å²) in [6.45, 7) is 19.1. The minimum absolute atomic E-state index is 0.120. The van der Waals surface area contributed by atoms with Crippen molar-refractivity contribution in [1.29, 1.82) is 0 Å². The number of pyridine rings is 1. The highest BCUT2D eigenvalue weighted by Gasteiger charge is 2.47. The first-order valence-corrected chi connectivity index (χ1v) is 29.2.